The number of nitrogens with two attached hydrogens (primary N) is 1. The van der Waals surface area contributed by atoms with Crippen molar-refractivity contribution in [2.75, 3.05) is 5.32 Å². The summed E-state index contributed by atoms with van der Waals surface area (Å²) in [6.07, 6.45) is 0.801. The van der Waals surface area contributed by atoms with Gasteiger partial charge in [-0.15, -0.1) is 11.3 Å². The Morgan fingerprint density at radius 3 is 2.76 bits per heavy atom. The van der Waals surface area contributed by atoms with E-state index in [4.69, 9.17) is 5.73 Å². The van der Waals surface area contributed by atoms with Gasteiger partial charge in [0.2, 0.25) is 0 Å². The molecule has 1 atom stereocenters. The number of aromatic nitrogens is 1. The number of benzene rings is 1. The van der Waals surface area contributed by atoms with Gasteiger partial charge in [0.25, 0.3) is 0 Å². The topological polar surface area (TPSA) is 50.9 Å². The summed E-state index contributed by atoms with van der Waals surface area (Å²) in [6, 6.07) is 8.25. The molecule has 1 aliphatic rings. The fraction of sp³-hybridized carbons (Fsp3) is 0.308. The van der Waals surface area contributed by atoms with Crippen LogP contribution in [-0.2, 0) is 12.1 Å². The van der Waals surface area contributed by atoms with E-state index in [9.17, 15) is 0 Å². The highest BCUT2D eigenvalue weighted by molar-refractivity contribution is 7.11. The van der Waals surface area contributed by atoms with Crippen molar-refractivity contribution in [1.29, 1.82) is 0 Å². The van der Waals surface area contributed by atoms with Crippen LogP contribution in [0.1, 0.15) is 21.1 Å². The number of para-hydroxylation sites is 1. The van der Waals surface area contributed by atoms with Gasteiger partial charge in [0.1, 0.15) is 10.7 Å². The van der Waals surface area contributed by atoms with Crippen molar-refractivity contribution >= 4 is 17.0 Å². The third-order valence-electron chi connectivity index (χ3n) is 3.25. The molecule has 1 aromatic heterocycles. The van der Waals surface area contributed by atoms with Gasteiger partial charge in [-0.1, -0.05) is 18.2 Å². The molecule has 0 saturated heterocycles. The summed E-state index contributed by atoms with van der Waals surface area (Å²) in [4.78, 5) is 5.82. The zero-order valence-electron chi connectivity index (χ0n) is 9.95. The lowest BCUT2D eigenvalue weighted by molar-refractivity contribution is 0.531. The minimum absolute atomic E-state index is 0.534. The molecule has 1 unspecified atom stereocenters. The van der Waals surface area contributed by atoms with Gasteiger partial charge in [0.05, 0.1) is 5.69 Å². The van der Waals surface area contributed by atoms with Crippen molar-refractivity contribution in [3.05, 3.63) is 45.4 Å². The van der Waals surface area contributed by atoms with Gasteiger partial charge in [0.15, 0.2) is 0 Å². The molecule has 17 heavy (non-hydrogen) atoms. The van der Waals surface area contributed by atoms with E-state index in [1.165, 1.54) is 10.4 Å². The summed E-state index contributed by atoms with van der Waals surface area (Å²) in [7, 11) is 0. The molecule has 3 rings (SSSR count). The molecule has 0 spiro atoms. The molecule has 3 nitrogen and oxygen atoms in total. The normalized spacial score (nSPS) is 22.3. The standard InChI is InChI=1S/C13H15N3S/c1-8-9(2)17-12(15-8)13(14)7-10-5-3-4-6-11(10)16-13/h3-6,16H,7,14H2,1-2H3. The van der Waals surface area contributed by atoms with E-state index in [0.717, 1.165) is 22.8 Å². The number of fused-ring (bicyclic) bond motifs is 1. The summed E-state index contributed by atoms with van der Waals surface area (Å²) in [5, 5.41) is 4.37. The van der Waals surface area contributed by atoms with Gasteiger partial charge >= 0.3 is 0 Å². The third kappa shape index (κ3) is 1.64. The average Bonchev–Trinajstić information content (AvgIpc) is 2.80. The largest absolute Gasteiger partial charge is 0.361 e. The number of hydrogen-bond donors (Lipinski definition) is 2. The monoisotopic (exact) mass is 245 g/mol. The van der Waals surface area contributed by atoms with Crippen LogP contribution in [0.4, 0.5) is 5.69 Å². The molecule has 2 heterocycles. The second-order valence-electron chi connectivity index (χ2n) is 4.59. The molecular formula is C13H15N3S. The lowest BCUT2D eigenvalue weighted by Crippen LogP contribution is -2.42. The van der Waals surface area contributed by atoms with Gasteiger partial charge < -0.3 is 11.1 Å². The minimum Gasteiger partial charge on any atom is -0.361 e. The Balaban J connectivity index is 2.01. The van der Waals surface area contributed by atoms with Crippen molar-refractivity contribution in [1.82, 2.24) is 4.98 Å². The Morgan fingerprint density at radius 1 is 1.35 bits per heavy atom. The Labute approximate surface area is 105 Å². The molecule has 4 heteroatoms. The summed E-state index contributed by atoms with van der Waals surface area (Å²) in [5.41, 5.74) is 9.38. The van der Waals surface area contributed by atoms with E-state index in [0.29, 0.717) is 0 Å². The number of nitrogens with zero attached hydrogens (tertiary/aromatic N) is 1. The number of thiazole rings is 1. The highest BCUT2D eigenvalue weighted by Gasteiger charge is 2.37. The summed E-state index contributed by atoms with van der Waals surface area (Å²) >= 11 is 1.68. The first kappa shape index (κ1) is 10.7. The second-order valence-corrected chi connectivity index (χ2v) is 5.79. The van der Waals surface area contributed by atoms with Crippen molar-refractivity contribution in [3.8, 4) is 0 Å². The predicted molar refractivity (Wildman–Crippen MR) is 71.2 cm³/mol. The zero-order valence-corrected chi connectivity index (χ0v) is 10.8. The van der Waals surface area contributed by atoms with Crippen LogP contribution in [0, 0.1) is 13.8 Å². The fourth-order valence-corrected chi connectivity index (χ4v) is 3.15. The summed E-state index contributed by atoms with van der Waals surface area (Å²) in [5.74, 6) is 0. The Hall–Kier alpha value is -1.39. The molecule has 0 radical (unpaired) electrons. The number of rotatable bonds is 1. The molecular weight excluding hydrogens is 230 g/mol. The number of hydrogen-bond acceptors (Lipinski definition) is 4. The molecule has 88 valence electrons. The zero-order chi connectivity index (χ0) is 12.0. The van der Waals surface area contributed by atoms with Crippen molar-refractivity contribution in [2.45, 2.75) is 25.9 Å². The maximum Gasteiger partial charge on any atom is 0.143 e. The van der Waals surface area contributed by atoms with Crippen LogP contribution in [0.3, 0.4) is 0 Å². The van der Waals surface area contributed by atoms with Crippen LogP contribution in [0.5, 0.6) is 0 Å². The Kier molecular flexibility index (Phi) is 2.24. The SMILES string of the molecule is Cc1nc(C2(N)Cc3ccccc3N2)sc1C. The van der Waals surface area contributed by atoms with E-state index in [2.05, 4.69) is 29.4 Å². The van der Waals surface area contributed by atoms with E-state index in [1.54, 1.807) is 11.3 Å². The Morgan fingerprint density at radius 2 is 2.12 bits per heavy atom. The first-order valence-electron chi connectivity index (χ1n) is 5.68. The highest BCUT2D eigenvalue weighted by atomic mass is 32.1. The Bertz CT molecular complexity index is 529. The maximum atomic E-state index is 6.45. The quantitative estimate of drug-likeness (QED) is 0.811. The number of anilines is 1. The smallest absolute Gasteiger partial charge is 0.143 e. The minimum atomic E-state index is -0.534. The molecule has 0 aliphatic carbocycles. The molecule has 0 fully saturated rings. The molecule has 3 N–H and O–H groups in total. The first-order valence-corrected chi connectivity index (χ1v) is 6.50. The van der Waals surface area contributed by atoms with Gasteiger partial charge in [-0.25, -0.2) is 4.98 Å². The van der Waals surface area contributed by atoms with Crippen LogP contribution in [0.25, 0.3) is 0 Å². The fourth-order valence-electron chi connectivity index (χ4n) is 2.17. The van der Waals surface area contributed by atoms with Crippen molar-refractivity contribution in [2.24, 2.45) is 5.73 Å². The van der Waals surface area contributed by atoms with Crippen LogP contribution in [-0.4, -0.2) is 4.98 Å². The van der Waals surface area contributed by atoms with Gasteiger partial charge in [-0.2, -0.15) is 0 Å². The van der Waals surface area contributed by atoms with E-state index < -0.39 is 5.66 Å². The van der Waals surface area contributed by atoms with Gasteiger partial charge in [0, 0.05) is 17.0 Å². The van der Waals surface area contributed by atoms with Crippen LogP contribution >= 0.6 is 11.3 Å². The molecule has 1 aromatic carbocycles. The second kappa shape index (κ2) is 3.55. The van der Waals surface area contributed by atoms with Crippen LogP contribution in [0.2, 0.25) is 0 Å². The highest BCUT2D eigenvalue weighted by Crippen LogP contribution is 2.37. The van der Waals surface area contributed by atoms with Crippen molar-refractivity contribution < 1.29 is 0 Å². The van der Waals surface area contributed by atoms with Crippen LogP contribution < -0.4 is 11.1 Å². The van der Waals surface area contributed by atoms with E-state index >= 15 is 0 Å². The van der Waals surface area contributed by atoms with E-state index in [1.807, 2.05) is 19.1 Å². The van der Waals surface area contributed by atoms with E-state index in [-0.39, 0.29) is 0 Å². The van der Waals surface area contributed by atoms with Gasteiger partial charge in [-0.05, 0) is 25.5 Å². The maximum absolute atomic E-state index is 6.45. The number of nitrogens with one attached hydrogen (secondary N) is 1. The summed E-state index contributed by atoms with van der Waals surface area (Å²) in [6.45, 7) is 4.11. The molecule has 0 amide bonds. The lowest BCUT2D eigenvalue weighted by Gasteiger charge is -2.22. The summed E-state index contributed by atoms with van der Waals surface area (Å²) < 4.78 is 0. The average molecular weight is 245 g/mol. The molecule has 2 aromatic rings. The van der Waals surface area contributed by atoms with Crippen LogP contribution in [0.15, 0.2) is 24.3 Å². The predicted octanol–water partition coefficient (Wildman–Crippen LogP) is 2.54. The third-order valence-corrected chi connectivity index (χ3v) is 4.51. The number of aryl methyl sites for hydroxylation is 2. The van der Waals surface area contributed by atoms with Crippen molar-refractivity contribution in [3.63, 3.8) is 0 Å². The molecule has 1 aliphatic heterocycles. The lowest BCUT2D eigenvalue weighted by atomic mass is 10.1. The molecule has 0 saturated carbocycles. The van der Waals surface area contributed by atoms with Gasteiger partial charge in [-0.3, -0.25) is 0 Å². The first-order chi connectivity index (χ1) is 8.08. The molecule has 0 bridgehead atoms.